The molecule has 29 heavy (non-hydrogen) atoms. The Balaban J connectivity index is 1.89. The number of nitro benzene ring substituents is 1. The lowest BCUT2D eigenvalue weighted by Gasteiger charge is -2.11. The number of alkyl halides is 3. The summed E-state index contributed by atoms with van der Waals surface area (Å²) in [5.74, 6) is -0.750. The number of halogens is 4. The van der Waals surface area contributed by atoms with Crippen molar-refractivity contribution in [3.63, 3.8) is 0 Å². The topological polar surface area (TPSA) is 81.5 Å². The molecule has 1 aliphatic heterocycles. The molecular formula is C17H8ClF3N2O4S2. The molecule has 0 aromatic heterocycles. The molecule has 2 aromatic carbocycles. The number of thioether (sulfide) groups is 1. The molecule has 0 atom stereocenters. The summed E-state index contributed by atoms with van der Waals surface area (Å²) in [6.07, 6.45) is -3.20. The zero-order valence-electron chi connectivity index (χ0n) is 14.0. The Bertz CT molecular complexity index is 1070. The van der Waals surface area contributed by atoms with Gasteiger partial charge in [-0.3, -0.25) is 14.9 Å². The fourth-order valence-electron chi connectivity index (χ4n) is 2.30. The molecule has 0 aliphatic carbocycles. The van der Waals surface area contributed by atoms with Gasteiger partial charge in [-0.15, -0.1) is 0 Å². The highest BCUT2D eigenvalue weighted by Gasteiger charge is 2.33. The Morgan fingerprint density at radius 3 is 2.45 bits per heavy atom. The quantitative estimate of drug-likeness (QED) is 0.279. The monoisotopic (exact) mass is 460 g/mol. The highest BCUT2D eigenvalue weighted by atomic mass is 35.5. The molecule has 0 spiro atoms. The van der Waals surface area contributed by atoms with Crippen LogP contribution in [-0.2, 0) is 11.0 Å². The van der Waals surface area contributed by atoms with Crippen LogP contribution in [0, 0.1) is 10.1 Å². The number of nitrogens with zero attached hydrogens (tertiary/aromatic N) is 1. The first-order chi connectivity index (χ1) is 13.5. The van der Waals surface area contributed by atoms with E-state index in [1.54, 1.807) is 0 Å². The maximum absolute atomic E-state index is 12.8. The van der Waals surface area contributed by atoms with Gasteiger partial charge in [0.2, 0.25) is 5.75 Å². The molecule has 3 rings (SSSR count). The predicted molar refractivity (Wildman–Crippen MR) is 106 cm³/mol. The third-order valence-electron chi connectivity index (χ3n) is 3.60. The largest absolute Gasteiger partial charge is 0.449 e. The standard InChI is InChI=1S/C17H8ClF3N2O4S2/c18-10-5-8(6-14-15(24)22-16(28)29-14)1-3-12(10)27-13-4-2-9(17(19,20)21)7-11(13)23(25)26/h1-7H,(H,22,24,28)/b14-6+. The number of carbonyl (C=O) groups excluding carboxylic acids is 1. The Morgan fingerprint density at radius 2 is 1.90 bits per heavy atom. The van der Waals surface area contributed by atoms with Crippen LogP contribution >= 0.6 is 35.6 Å². The van der Waals surface area contributed by atoms with Crippen molar-refractivity contribution >= 4 is 57.6 Å². The van der Waals surface area contributed by atoms with Gasteiger partial charge in [0, 0.05) is 6.07 Å². The number of rotatable bonds is 4. The predicted octanol–water partition coefficient (Wildman–Crippen LogP) is 5.55. The minimum Gasteiger partial charge on any atom is -0.449 e. The fraction of sp³-hybridized carbons (Fsp3) is 0.0588. The van der Waals surface area contributed by atoms with E-state index in [4.69, 9.17) is 28.6 Å². The maximum atomic E-state index is 12.8. The van der Waals surface area contributed by atoms with Crippen molar-refractivity contribution in [3.8, 4) is 11.5 Å². The van der Waals surface area contributed by atoms with Crippen molar-refractivity contribution in [3.05, 3.63) is 67.6 Å². The lowest BCUT2D eigenvalue weighted by Crippen LogP contribution is -2.17. The molecule has 2 aromatic rings. The van der Waals surface area contributed by atoms with Crippen molar-refractivity contribution in [2.24, 2.45) is 0 Å². The summed E-state index contributed by atoms with van der Waals surface area (Å²) >= 11 is 12.1. The van der Waals surface area contributed by atoms with Crippen molar-refractivity contribution < 1.29 is 27.6 Å². The number of amides is 1. The number of thiocarbonyl (C=S) groups is 1. The molecule has 1 aliphatic rings. The molecule has 150 valence electrons. The molecule has 0 radical (unpaired) electrons. The van der Waals surface area contributed by atoms with Crippen molar-refractivity contribution in [1.82, 2.24) is 5.32 Å². The van der Waals surface area contributed by atoms with Gasteiger partial charge in [0.25, 0.3) is 5.91 Å². The van der Waals surface area contributed by atoms with Gasteiger partial charge >= 0.3 is 11.9 Å². The second kappa shape index (κ2) is 8.01. The molecule has 1 heterocycles. The Hall–Kier alpha value is -2.63. The average molecular weight is 461 g/mol. The summed E-state index contributed by atoms with van der Waals surface area (Å²) in [7, 11) is 0. The molecule has 0 unspecified atom stereocenters. The van der Waals surface area contributed by atoms with Crippen LogP contribution in [0.1, 0.15) is 11.1 Å². The zero-order valence-corrected chi connectivity index (χ0v) is 16.3. The number of hydrogen-bond donors (Lipinski definition) is 1. The first-order valence-electron chi connectivity index (χ1n) is 7.62. The number of hydrogen-bond acceptors (Lipinski definition) is 6. The van der Waals surface area contributed by atoms with Gasteiger partial charge in [-0.25, -0.2) is 0 Å². The van der Waals surface area contributed by atoms with Crippen LogP contribution in [0.4, 0.5) is 18.9 Å². The third kappa shape index (κ3) is 4.86. The van der Waals surface area contributed by atoms with E-state index < -0.39 is 28.1 Å². The number of nitro groups is 1. The molecule has 1 amide bonds. The summed E-state index contributed by atoms with van der Waals surface area (Å²) in [5.41, 5.74) is -1.49. The number of benzene rings is 2. The van der Waals surface area contributed by atoms with Gasteiger partial charge in [0.1, 0.15) is 10.1 Å². The van der Waals surface area contributed by atoms with Gasteiger partial charge < -0.3 is 10.1 Å². The number of carbonyl (C=O) groups is 1. The van der Waals surface area contributed by atoms with Crippen molar-refractivity contribution in [2.45, 2.75) is 6.18 Å². The molecule has 1 N–H and O–H groups in total. The fourth-order valence-corrected chi connectivity index (χ4v) is 3.58. The smallest absolute Gasteiger partial charge is 0.416 e. The van der Waals surface area contributed by atoms with E-state index in [1.165, 1.54) is 24.3 Å². The van der Waals surface area contributed by atoms with Gasteiger partial charge in [-0.1, -0.05) is 41.6 Å². The third-order valence-corrected chi connectivity index (χ3v) is 5.06. The van der Waals surface area contributed by atoms with E-state index in [0.29, 0.717) is 26.9 Å². The van der Waals surface area contributed by atoms with Crippen LogP contribution in [0.15, 0.2) is 41.3 Å². The molecule has 1 saturated heterocycles. The minimum atomic E-state index is -4.73. The SMILES string of the molecule is O=C1NC(=S)S/C1=C/c1ccc(Oc2ccc(C(F)(F)F)cc2[N+](=O)[O-])c(Cl)c1. The van der Waals surface area contributed by atoms with Crippen LogP contribution in [0.2, 0.25) is 5.02 Å². The number of nitrogens with one attached hydrogen (secondary N) is 1. The maximum Gasteiger partial charge on any atom is 0.416 e. The van der Waals surface area contributed by atoms with Crippen LogP contribution in [0.3, 0.4) is 0 Å². The van der Waals surface area contributed by atoms with Crippen LogP contribution < -0.4 is 10.1 Å². The summed E-state index contributed by atoms with van der Waals surface area (Å²) in [4.78, 5) is 22.2. The van der Waals surface area contributed by atoms with Gasteiger partial charge in [-0.2, -0.15) is 13.2 Å². The lowest BCUT2D eigenvalue weighted by molar-refractivity contribution is -0.385. The molecule has 0 saturated carbocycles. The highest BCUT2D eigenvalue weighted by molar-refractivity contribution is 8.26. The van der Waals surface area contributed by atoms with Crippen molar-refractivity contribution in [1.29, 1.82) is 0 Å². The lowest BCUT2D eigenvalue weighted by atomic mass is 10.1. The minimum absolute atomic E-state index is 0.00396. The van der Waals surface area contributed by atoms with E-state index in [-0.39, 0.29) is 16.7 Å². The van der Waals surface area contributed by atoms with Gasteiger partial charge in [-0.05, 0) is 35.9 Å². The summed E-state index contributed by atoms with van der Waals surface area (Å²) < 4.78 is 44.1. The van der Waals surface area contributed by atoms with E-state index in [2.05, 4.69) is 5.32 Å². The average Bonchev–Trinajstić information content (AvgIpc) is 2.93. The zero-order chi connectivity index (χ0) is 21.3. The van der Waals surface area contributed by atoms with Gasteiger partial charge in [0.05, 0.1) is 20.4 Å². The second-order valence-corrected chi connectivity index (χ2v) is 7.71. The first kappa shape index (κ1) is 21.1. The Kier molecular flexibility index (Phi) is 5.82. The van der Waals surface area contributed by atoms with E-state index in [9.17, 15) is 28.1 Å². The summed E-state index contributed by atoms with van der Waals surface area (Å²) in [5, 5.41) is 13.7. The highest BCUT2D eigenvalue weighted by Crippen LogP contribution is 2.39. The first-order valence-corrected chi connectivity index (χ1v) is 9.23. The number of ether oxygens (including phenoxy) is 1. The Morgan fingerprint density at radius 1 is 1.21 bits per heavy atom. The molecular weight excluding hydrogens is 453 g/mol. The molecule has 6 nitrogen and oxygen atoms in total. The van der Waals surface area contributed by atoms with E-state index in [1.807, 2.05) is 0 Å². The van der Waals surface area contributed by atoms with Crippen molar-refractivity contribution in [2.75, 3.05) is 0 Å². The molecule has 12 heteroatoms. The van der Waals surface area contributed by atoms with Crippen LogP contribution in [0.5, 0.6) is 11.5 Å². The molecule has 1 fully saturated rings. The van der Waals surface area contributed by atoms with Gasteiger partial charge in [0.15, 0.2) is 0 Å². The molecule has 0 bridgehead atoms. The summed E-state index contributed by atoms with van der Waals surface area (Å²) in [6, 6.07) is 6.27. The van der Waals surface area contributed by atoms with E-state index in [0.717, 1.165) is 17.8 Å². The normalized spacial score (nSPS) is 15.5. The van der Waals surface area contributed by atoms with Crippen LogP contribution in [0.25, 0.3) is 6.08 Å². The Labute approximate surface area is 175 Å². The summed E-state index contributed by atoms with van der Waals surface area (Å²) in [6.45, 7) is 0. The van der Waals surface area contributed by atoms with E-state index >= 15 is 0 Å². The van der Waals surface area contributed by atoms with Crippen LogP contribution in [-0.4, -0.2) is 15.2 Å². The second-order valence-electron chi connectivity index (χ2n) is 5.58.